The minimum absolute atomic E-state index is 0.0843. The van der Waals surface area contributed by atoms with E-state index in [4.69, 9.17) is 4.74 Å². The zero-order valence-electron chi connectivity index (χ0n) is 17.1. The zero-order chi connectivity index (χ0) is 20.2. The zero-order valence-corrected chi connectivity index (χ0v) is 18.3. The molecule has 7 heteroatoms. The lowest BCUT2D eigenvalue weighted by Crippen LogP contribution is -2.07. The minimum Gasteiger partial charge on any atom is -0.466 e. The van der Waals surface area contributed by atoms with Gasteiger partial charge in [-0.05, 0) is 25.8 Å². The summed E-state index contributed by atoms with van der Waals surface area (Å²) < 4.78 is 4.88. The molecule has 2 rings (SSSR count). The highest BCUT2D eigenvalue weighted by atomic mass is 28.3. The highest BCUT2D eigenvalue weighted by molar-refractivity contribution is 6.58. The Morgan fingerprint density at radius 1 is 1.26 bits per heavy atom. The molecule has 1 aliphatic heterocycles. The highest BCUT2D eigenvalue weighted by Crippen LogP contribution is 2.40. The summed E-state index contributed by atoms with van der Waals surface area (Å²) in [6, 6.07) is 9.55. The fourth-order valence-electron chi connectivity index (χ4n) is 3.47. The molecule has 1 unspecified atom stereocenters. The first kappa shape index (κ1) is 23.1. The maximum atomic E-state index is 11.3. The molecule has 1 aromatic rings. The second-order valence-electron chi connectivity index (χ2n) is 6.86. The summed E-state index contributed by atoms with van der Waals surface area (Å²) in [4.78, 5) is 22.0. The van der Waals surface area contributed by atoms with E-state index in [1.807, 2.05) is 6.07 Å². The van der Waals surface area contributed by atoms with Crippen molar-refractivity contribution in [2.45, 2.75) is 71.0 Å². The molecule has 0 fully saturated rings. The molecular formula is C20H34N2O4Si. The van der Waals surface area contributed by atoms with Crippen molar-refractivity contribution in [2.24, 2.45) is 0 Å². The number of nitro groups is 1. The number of anilines is 1. The van der Waals surface area contributed by atoms with E-state index in [1.165, 1.54) is 24.2 Å². The Morgan fingerprint density at radius 2 is 1.93 bits per heavy atom. The van der Waals surface area contributed by atoms with Gasteiger partial charge in [0, 0.05) is 39.4 Å². The summed E-state index contributed by atoms with van der Waals surface area (Å²) in [6.45, 7) is 9.82. The number of hydrogen-bond donors (Lipinski definition) is 1. The van der Waals surface area contributed by atoms with Crippen LogP contribution >= 0.6 is 0 Å². The number of carbonyl (C=O) groups excluding carboxylic acids is 1. The van der Waals surface area contributed by atoms with E-state index in [9.17, 15) is 14.9 Å². The first-order valence-electron chi connectivity index (χ1n) is 10.1. The lowest BCUT2D eigenvalue weighted by atomic mass is 9.94. The van der Waals surface area contributed by atoms with Crippen LogP contribution in [-0.4, -0.2) is 32.8 Å². The van der Waals surface area contributed by atoms with Gasteiger partial charge in [0.15, 0.2) is 0 Å². The van der Waals surface area contributed by atoms with E-state index in [-0.39, 0.29) is 31.3 Å². The van der Waals surface area contributed by atoms with Gasteiger partial charge in [-0.2, -0.15) is 0 Å². The van der Waals surface area contributed by atoms with Gasteiger partial charge in [-0.15, -0.1) is 0 Å². The van der Waals surface area contributed by atoms with Crippen molar-refractivity contribution in [1.82, 2.24) is 0 Å². The fourth-order valence-corrected chi connectivity index (χ4v) is 5.20. The number of hydrogen-bond acceptors (Lipinski definition) is 5. The molecule has 1 aliphatic rings. The van der Waals surface area contributed by atoms with Crippen molar-refractivity contribution in [3.05, 3.63) is 33.9 Å². The summed E-state index contributed by atoms with van der Waals surface area (Å²) in [5.74, 6) is -0.123. The number of fused-ring (bicyclic) bond motifs is 1. The number of rotatable bonds is 9. The smallest absolute Gasteiger partial charge is 0.305 e. The molecule has 0 radical (unpaired) electrons. The van der Waals surface area contributed by atoms with Gasteiger partial charge in [0.2, 0.25) is 0 Å². The Bertz CT molecular complexity index is 600. The molecule has 1 heterocycles. The van der Waals surface area contributed by atoms with Gasteiger partial charge in [-0.25, -0.2) is 0 Å². The average Bonchev–Trinajstić information content (AvgIpc) is 3.07. The van der Waals surface area contributed by atoms with Crippen molar-refractivity contribution in [3.63, 3.8) is 0 Å². The van der Waals surface area contributed by atoms with Crippen molar-refractivity contribution < 1.29 is 14.5 Å². The van der Waals surface area contributed by atoms with Gasteiger partial charge in [0.25, 0.3) is 5.69 Å². The van der Waals surface area contributed by atoms with Crippen LogP contribution in [0.3, 0.4) is 0 Å². The highest BCUT2D eigenvalue weighted by Gasteiger charge is 2.29. The van der Waals surface area contributed by atoms with E-state index in [2.05, 4.69) is 26.1 Å². The normalized spacial score (nSPS) is 14.8. The maximum Gasteiger partial charge on any atom is 0.305 e. The van der Waals surface area contributed by atoms with Gasteiger partial charge in [0.1, 0.15) is 0 Å². The Balaban J connectivity index is 0.000000445. The number of nitrogens with zero attached hydrogens (tertiary/aromatic N) is 1. The summed E-state index contributed by atoms with van der Waals surface area (Å²) in [5, 5.41) is 14.3. The third kappa shape index (κ3) is 7.32. The summed E-state index contributed by atoms with van der Waals surface area (Å²) in [5.41, 5.74) is 1.76. The van der Waals surface area contributed by atoms with Gasteiger partial charge in [-0.1, -0.05) is 45.0 Å². The number of esters is 1. The molecule has 0 aromatic heterocycles. The van der Waals surface area contributed by atoms with Crippen molar-refractivity contribution in [3.8, 4) is 0 Å². The number of carbonyl (C=O) groups is 1. The maximum absolute atomic E-state index is 11.3. The molecule has 27 heavy (non-hydrogen) atoms. The molecule has 1 N–H and O–H groups in total. The van der Waals surface area contributed by atoms with Crippen LogP contribution < -0.4 is 5.32 Å². The average molecular weight is 395 g/mol. The summed E-state index contributed by atoms with van der Waals surface area (Å²) in [6.07, 6.45) is 1.78. The predicted molar refractivity (Wildman–Crippen MR) is 113 cm³/mol. The second-order valence-corrected chi connectivity index (χ2v) is 11.0. The molecule has 1 aromatic carbocycles. The Labute approximate surface area is 164 Å². The molecule has 0 spiro atoms. The van der Waals surface area contributed by atoms with Crippen LogP contribution in [0.25, 0.3) is 0 Å². The molecular weight excluding hydrogens is 360 g/mol. The second kappa shape index (κ2) is 12.5. The Kier molecular flexibility index (Phi) is 10.7. The monoisotopic (exact) mass is 394 g/mol. The van der Waals surface area contributed by atoms with Crippen LogP contribution in [-0.2, 0) is 9.53 Å². The number of nitro benzene ring substituents is 1. The van der Waals surface area contributed by atoms with Crippen LogP contribution in [0.4, 0.5) is 11.4 Å². The third-order valence-electron chi connectivity index (χ3n) is 5.20. The largest absolute Gasteiger partial charge is 0.466 e. The predicted octanol–water partition coefficient (Wildman–Crippen LogP) is 5.11. The first-order valence-corrected chi connectivity index (χ1v) is 12.6. The van der Waals surface area contributed by atoms with Crippen LogP contribution in [0.1, 0.15) is 58.4 Å². The lowest BCUT2D eigenvalue weighted by Gasteiger charge is -2.10. The van der Waals surface area contributed by atoms with Gasteiger partial charge >= 0.3 is 5.97 Å². The molecule has 1 atom stereocenters. The standard InChI is InChI=1S/C14H18N2O4.C6H16Si/c1-2-20-13(17)8-3-5-10-9-15-11-6-4-7-12(14(10)11)16(18)19;1-4-7(5-2)6-3/h4,6-7,10,15H,2-3,5,8-9H2,1H3;7H,4-6H2,1-3H3. The van der Waals surface area contributed by atoms with E-state index < -0.39 is 0 Å². The van der Waals surface area contributed by atoms with Gasteiger partial charge in [-0.3, -0.25) is 14.9 Å². The van der Waals surface area contributed by atoms with Crippen LogP contribution in [0.5, 0.6) is 0 Å². The van der Waals surface area contributed by atoms with Crippen LogP contribution in [0, 0.1) is 10.1 Å². The molecule has 0 bridgehead atoms. The van der Waals surface area contributed by atoms with Gasteiger partial charge < -0.3 is 10.1 Å². The number of benzene rings is 1. The SMILES string of the molecule is CCOC(=O)CCCC1CNc2cccc([N+](=O)[O-])c21.CC[SiH](CC)CC. The third-order valence-corrected chi connectivity index (χ3v) is 8.66. The van der Waals surface area contributed by atoms with E-state index in [1.54, 1.807) is 13.0 Å². The van der Waals surface area contributed by atoms with Crippen molar-refractivity contribution >= 4 is 26.1 Å². The Hall–Kier alpha value is -1.89. The van der Waals surface area contributed by atoms with Gasteiger partial charge in [0.05, 0.1) is 17.1 Å². The Morgan fingerprint density at radius 3 is 2.44 bits per heavy atom. The lowest BCUT2D eigenvalue weighted by molar-refractivity contribution is -0.385. The molecule has 6 nitrogen and oxygen atoms in total. The summed E-state index contributed by atoms with van der Waals surface area (Å²) >= 11 is 0. The van der Waals surface area contributed by atoms with Crippen molar-refractivity contribution in [2.75, 3.05) is 18.5 Å². The molecule has 0 saturated carbocycles. The number of ether oxygens (including phenoxy) is 1. The van der Waals surface area contributed by atoms with E-state index >= 15 is 0 Å². The van der Waals surface area contributed by atoms with E-state index in [0.717, 1.165) is 17.7 Å². The quantitative estimate of drug-likeness (QED) is 0.272. The van der Waals surface area contributed by atoms with Crippen LogP contribution in [0.2, 0.25) is 18.1 Å². The van der Waals surface area contributed by atoms with Crippen LogP contribution in [0.15, 0.2) is 18.2 Å². The fraction of sp³-hybridized carbons (Fsp3) is 0.650. The summed E-state index contributed by atoms with van der Waals surface area (Å²) in [7, 11) is -0.171. The first-order chi connectivity index (χ1) is 13.0. The van der Waals surface area contributed by atoms with Crippen molar-refractivity contribution in [1.29, 1.82) is 0 Å². The number of nitrogens with one attached hydrogen (secondary N) is 1. The molecule has 0 aliphatic carbocycles. The van der Waals surface area contributed by atoms with E-state index in [0.29, 0.717) is 26.0 Å². The minimum atomic E-state index is -0.343. The molecule has 152 valence electrons. The topological polar surface area (TPSA) is 81.5 Å². The molecule has 0 saturated heterocycles. The molecule has 0 amide bonds.